The Hall–Kier alpha value is -2.58. The van der Waals surface area contributed by atoms with Gasteiger partial charge in [0, 0.05) is 21.3 Å². The highest BCUT2D eigenvalue weighted by molar-refractivity contribution is 9.10. The Balaban J connectivity index is 2.50. The molecule has 0 aliphatic rings. The van der Waals surface area contributed by atoms with E-state index in [0.717, 1.165) is 15.6 Å². The molecule has 4 nitrogen and oxygen atoms in total. The predicted octanol–water partition coefficient (Wildman–Crippen LogP) is 6.30. The van der Waals surface area contributed by atoms with Crippen LogP contribution in [0.15, 0.2) is 46.4 Å². The van der Waals surface area contributed by atoms with Crippen molar-refractivity contribution in [3.05, 3.63) is 63.1 Å². The number of nitrogens with one attached hydrogen (secondary N) is 1. The number of rotatable bonds is 3. The molecule has 0 bridgehead atoms. The molecule has 0 spiro atoms. The average Bonchev–Trinajstić information content (AvgIpc) is 2.60. The Morgan fingerprint density at radius 2 is 1.52 bits per heavy atom. The number of nitriles is 1. The molecule has 0 fully saturated rings. The molecule has 0 aliphatic carbocycles. The molecule has 29 heavy (non-hydrogen) atoms. The molecular formula is C24H27BrN2O2. The van der Waals surface area contributed by atoms with Crippen molar-refractivity contribution in [1.29, 1.82) is 5.26 Å². The van der Waals surface area contributed by atoms with Gasteiger partial charge in [0.15, 0.2) is 0 Å². The largest absolute Gasteiger partial charge is 0.507 e. The number of phenolic OH excluding ortho intramolecular Hbond substituents is 1. The normalized spacial score (nSPS) is 12.4. The Kier molecular flexibility index (Phi) is 6.60. The molecular weight excluding hydrogens is 428 g/mol. The van der Waals surface area contributed by atoms with E-state index < -0.39 is 5.91 Å². The van der Waals surface area contributed by atoms with Crippen LogP contribution in [0.5, 0.6) is 5.75 Å². The molecule has 2 aromatic carbocycles. The summed E-state index contributed by atoms with van der Waals surface area (Å²) < 4.78 is 0.903. The lowest BCUT2D eigenvalue weighted by Crippen LogP contribution is -2.18. The van der Waals surface area contributed by atoms with Gasteiger partial charge in [0.05, 0.1) is 0 Å². The summed E-state index contributed by atoms with van der Waals surface area (Å²) in [5, 5.41) is 23.1. The van der Waals surface area contributed by atoms with Crippen molar-refractivity contribution in [3.63, 3.8) is 0 Å². The van der Waals surface area contributed by atoms with E-state index in [0.29, 0.717) is 11.3 Å². The third kappa shape index (κ3) is 5.71. The van der Waals surface area contributed by atoms with Crippen molar-refractivity contribution in [1.82, 2.24) is 0 Å². The molecule has 0 heterocycles. The summed E-state index contributed by atoms with van der Waals surface area (Å²) in [5.74, 6) is -0.211. The summed E-state index contributed by atoms with van der Waals surface area (Å²) in [5.41, 5.74) is 2.29. The van der Waals surface area contributed by atoms with E-state index in [-0.39, 0.29) is 22.2 Å². The first-order valence-electron chi connectivity index (χ1n) is 9.39. The quantitative estimate of drug-likeness (QED) is 0.422. The number of anilines is 1. The molecule has 0 saturated heterocycles. The molecule has 5 heteroatoms. The number of hydrogen-bond acceptors (Lipinski definition) is 3. The zero-order valence-corrected chi connectivity index (χ0v) is 19.3. The van der Waals surface area contributed by atoms with Gasteiger partial charge in [-0.15, -0.1) is 0 Å². The van der Waals surface area contributed by atoms with Crippen molar-refractivity contribution < 1.29 is 9.90 Å². The highest BCUT2D eigenvalue weighted by Gasteiger charge is 2.26. The second kappa shape index (κ2) is 8.42. The van der Waals surface area contributed by atoms with Crippen LogP contribution in [-0.4, -0.2) is 11.0 Å². The Morgan fingerprint density at radius 3 is 1.93 bits per heavy atom. The molecule has 0 radical (unpaired) electrons. The van der Waals surface area contributed by atoms with Crippen LogP contribution in [0.3, 0.4) is 0 Å². The van der Waals surface area contributed by atoms with Gasteiger partial charge in [-0.25, -0.2) is 0 Å². The number of carbonyl (C=O) groups is 1. The number of halogens is 1. The number of phenols is 1. The van der Waals surface area contributed by atoms with Crippen molar-refractivity contribution in [2.45, 2.75) is 52.4 Å². The molecule has 2 aromatic rings. The Labute approximate surface area is 181 Å². The summed E-state index contributed by atoms with van der Waals surface area (Å²) >= 11 is 3.35. The Bertz CT molecular complexity index is 951. The zero-order valence-electron chi connectivity index (χ0n) is 17.7. The number of benzene rings is 2. The molecule has 0 aromatic heterocycles. The highest BCUT2D eigenvalue weighted by Crippen LogP contribution is 2.40. The number of amides is 1. The lowest BCUT2D eigenvalue weighted by atomic mass is 9.78. The van der Waals surface area contributed by atoms with Gasteiger partial charge in [-0.1, -0.05) is 57.5 Å². The summed E-state index contributed by atoms with van der Waals surface area (Å²) in [7, 11) is 0. The predicted molar refractivity (Wildman–Crippen MR) is 122 cm³/mol. The molecule has 2 rings (SSSR count). The summed E-state index contributed by atoms with van der Waals surface area (Å²) in [6, 6.07) is 12.8. The van der Waals surface area contributed by atoms with Gasteiger partial charge >= 0.3 is 0 Å². The maximum atomic E-state index is 12.6. The van der Waals surface area contributed by atoms with E-state index >= 15 is 0 Å². The van der Waals surface area contributed by atoms with Crippen LogP contribution in [-0.2, 0) is 15.6 Å². The molecule has 1 amide bonds. The van der Waals surface area contributed by atoms with Gasteiger partial charge < -0.3 is 10.4 Å². The van der Waals surface area contributed by atoms with Crippen LogP contribution in [0.1, 0.15) is 58.2 Å². The lowest BCUT2D eigenvalue weighted by molar-refractivity contribution is -0.112. The fourth-order valence-corrected chi connectivity index (χ4v) is 3.19. The monoisotopic (exact) mass is 454 g/mol. The van der Waals surface area contributed by atoms with Gasteiger partial charge in [-0.2, -0.15) is 5.26 Å². The van der Waals surface area contributed by atoms with E-state index in [9.17, 15) is 15.2 Å². The Morgan fingerprint density at radius 1 is 1.03 bits per heavy atom. The molecule has 0 aliphatic heterocycles. The minimum atomic E-state index is -0.475. The van der Waals surface area contributed by atoms with Crippen LogP contribution in [0.25, 0.3) is 6.08 Å². The van der Waals surface area contributed by atoms with Crippen molar-refractivity contribution in [2.75, 3.05) is 5.32 Å². The minimum absolute atomic E-state index is 0.00155. The van der Waals surface area contributed by atoms with Gasteiger partial charge in [0.1, 0.15) is 17.4 Å². The lowest BCUT2D eigenvalue weighted by Gasteiger charge is -2.28. The number of aromatic hydroxyl groups is 1. The van der Waals surface area contributed by atoms with Gasteiger partial charge in [0.2, 0.25) is 0 Å². The van der Waals surface area contributed by atoms with Crippen LogP contribution in [0.2, 0.25) is 0 Å². The fraction of sp³-hybridized carbons (Fsp3) is 0.333. The zero-order chi connectivity index (χ0) is 22.0. The smallest absolute Gasteiger partial charge is 0.266 e. The maximum Gasteiger partial charge on any atom is 0.266 e. The molecule has 0 atom stereocenters. The topological polar surface area (TPSA) is 73.1 Å². The van der Waals surface area contributed by atoms with Gasteiger partial charge in [-0.3, -0.25) is 4.79 Å². The molecule has 2 N–H and O–H groups in total. The van der Waals surface area contributed by atoms with E-state index in [2.05, 4.69) is 21.2 Å². The standard InChI is InChI=1S/C24H27BrN2O2/c1-23(2,3)19-12-15(13-20(21(19)28)24(4,5)6)11-16(14-26)22(29)27-18-9-7-17(25)8-10-18/h7-13,28H,1-6H3,(H,27,29)/b16-11+. The van der Waals surface area contributed by atoms with Crippen molar-refractivity contribution in [2.24, 2.45) is 0 Å². The first-order valence-corrected chi connectivity index (χ1v) is 10.2. The average molecular weight is 455 g/mol. The van der Waals surface area contributed by atoms with Gasteiger partial charge in [0.25, 0.3) is 5.91 Å². The second-order valence-electron chi connectivity index (χ2n) is 9.10. The first kappa shape index (κ1) is 22.7. The minimum Gasteiger partial charge on any atom is -0.507 e. The van der Waals surface area contributed by atoms with Crippen LogP contribution >= 0.6 is 15.9 Å². The summed E-state index contributed by atoms with van der Waals surface area (Å²) in [4.78, 5) is 12.6. The number of hydrogen-bond donors (Lipinski definition) is 2. The van der Waals surface area contributed by atoms with Crippen LogP contribution in [0, 0.1) is 11.3 Å². The second-order valence-corrected chi connectivity index (χ2v) is 10.0. The van der Waals surface area contributed by atoms with Crippen LogP contribution < -0.4 is 5.32 Å². The maximum absolute atomic E-state index is 12.6. The number of nitrogens with zero attached hydrogens (tertiary/aromatic N) is 1. The first-order chi connectivity index (χ1) is 13.3. The van der Waals surface area contributed by atoms with E-state index in [1.165, 1.54) is 0 Å². The third-order valence-electron chi connectivity index (χ3n) is 4.53. The van der Waals surface area contributed by atoms with E-state index in [4.69, 9.17) is 0 Å². The molecule has 0 saturated carbocycles. The fourth-order valence-electron chi connectivity index (χ4n) is 2.93. The van der Waals surface area contributed by atoms with Crippen LogP contribution in [0.4, 0.5) is 5.69 Å². The molecule has 152 valence electrons. The SMILES string of the molecule is CC(C)(C)c1cc(/C=C(\C#N)C(=O)Nc2ccc(Br)cc2)cc(C(C)(C)C)c1O. The van der Waals surface area contributed by atoms with E-state index in [1.807, 2.05) is 71.9 Å². The van der Waals surface area contributed by atoms with E-state index in [1.54, 1.807) is 18.2 Å². The summed E-state index contributed by atoms with van der Waals surface area (Å²) in [6.45, 7) is 12.1. The van der Waals surface area contributed by atoms with Gasteiger partial charge in [-0.05, 0) is 58.9 Å². The molecule has 0 unspecified atom stereocenters. The van der Waals surface area contributed by atoms with Crippen molar-refractivity contribution >= 4 is 33.6 Å². The van der Waals surface area contributed by atoms with Crippen molar-refractivity contribution in [3.8, 4) is 11.8 Å². The third-order valence-corrected chi connectivity index (χ3v) is 5.06. The highest BCUT2D eigenvalue weighted by atomic mass is 79.9. The summed E-state index contributed by atoms with van der Waals surface area (Å²) in [6.07, 6.45) is 1.57. The number of carbonyl (C=O) groups excluding carboxylic acids is 1.